The van der Waals surface area contributed by atoms with E-state index in [0.29, 0.717) is 0 Å². The van der Waals surface area contributed by atoms with E-state index in [0.717, 1.165) is 44.5 Å². The van der Waals surface area contributed by atoms with Gasteiger partial charge in [-0.1, -0.05) is 206 Å². The third-order valence-corrected chi connectivity index (χ3v) is 14.7. The lowest BCUT2D eigenvalue weighted by atomic mass is 9.94. The number of hydrogen-bond donors (Lipinski definition) is 0. The Labute approximate surface area is 421 Å². The molecule has 2 aliphatic heterocycles. The Morgan fingerprint density at radius 1 is 0.458 bits per heavy atom. The molecule has 13 nitrogen and oxygen atoms in total. The van der Waals surface area contributed by atoms with Crippen LogP contribution >= 0.6 is 15.6 Å². The van der Waals surface area contributed by atoms with Gasteiger partial charge in [-0.15, -0.1) is 0 Å². The first-order chi connectivity index (χ1) is 35.4. The minimum Gasteiger partial charge on any atom is -0.368 e. The number of fused-ring (bicyclic) bond motifs is 1. The molecule has 0 unspecified atom stereocenters. The Bertz CT molecular complexity index is 2700. The molecule has 0 aliphatic carbocycles. The summed E-state index contributed by atoms with van der Waals surface area (Å²) in [5, 5.41) is 0. The molecular weight excluding hydrogens is 955 g/mol. The van der Waals surface area contributed by atoms with Crippen LogP contribution in [0.4, 0.5) is 0 Å². The zero-order valence-electron chi connectivity index (χ0n) is 39.7. The van der Waals surface area contributed by atoms with Crippen LogP contribution in [0, 0.1) is 0 Å². The molecule has 6 atom stereocenters. The van der Waals surface area contributed by atoms with E-state index in [1.807, 2.05) is 206 Å². The number of hydrogen-bond acceptors (Lipinski definition) is 13. The fourth-order valence-corrected chi connectivity index (χ4v) is 10.6. The maximum absolute atomic E-state index is 15.4. The normalized spacial score (nSPS) is 20.2. The predicted octanol–water partition coefficient (Wildman–Crippen LogP) is 12.5. The molecule has 1 fully saturated rings. The molecule has 0 aromatic heterocycles. The first kappa shape index (κ1) is 51.5. The number of phosphoric ester groups is 2. The van der Waals surface area contributed by atoms with Crippen molar-refractivity contribution < 1.29 is 60.0 Å². The maximum Gasteiger partial charge on any atom is 0.477 e. The Morgan fingerprint density at radius 2 is 0.819 bits per heavy atom. The largest absolute Gasteiger partial charge is 0.477 e. The predicted molar refractivity (Wildman–Crippen MR) is 269 cm³/mol. The molecule has 2 heterocycles. The van der Waals surface area contributed by atoms with Crippen LogP contribution in [0.15, 0.2) is 206 Å². The second-order valence-electron chi connectivity index (χ2n) is 17.2. The fourth-order valence-electron chi connectivity index (χ4n) is 8.18. The van der Waals surface area contributed by atoms with Gasteiger partial charge in [0.1, 0.15) is 30.5 Å². The van der Waals surface area contributed by atoms with Crippen LogP contribution in [0.1, 0.15) is 44.5 Å². The smallest absolute Gasteiger partial charge is 0.368 e. The van der Waals surface area contributed by atoms with Crippen LogP contribution in [0.3, 0.4) is 0 Å². The minimum absolute atomic E-state index is 0.00126. The van der Waals surface area contributed by atoms with Crippen LogP contribution in [-0.4, -0.2) is 43.4 Å². The van der Waals surface area contributed by atoms with Gasteiger partial charge in [0.2, 0.25) is 0 Å². The van der Waals surface area contributed by atoms with Crippen LogP contribution in [0.25, 0.3) is 0 Å². The van der Waals surface area contributed by atoms with E-state index < -0.39 is 52.5 Å². The molecule has 0 saturated carbocycles. The van der Waals surface area contributed by atoms with Crippen molar-refractivity contribution in [3.63, 3.8) is 0 Å². The molecule has 374 valence electrons. The highest BCUT2D eigenvalue weighted by molar-refractivity contribution is 7.48. The standard InChI is InChI=1S/C57H58O13P2/c58-71(66-41-50-33-19-20-34-51(50)42-67-71)68-43-52(60-35-44-21-7-1-8-22-44)53-54(61-36-45-23-9-2-10-24-45)55(62-37-46-25-11-3-12-26-46)56(63-38-47-27-13-4-14-28-47)57(69-53)70-72(59,64-39-48-29-15-5-16-30-48)65-40-49-31-17-6-18-32-49/h1-34,52-57H,35-43H2/t52-,53-,54-,55+,56+,57-/m1/s1. The highest BCUT2D eigenvalue weighted by atomic mass is 31.2. The SMILES string of the molecule is O=P1(OC[C@@H](OCc2ccccc2)[C@H]2O[C@H](OP(=O)(OCc3ccccc3)OCc3ccccc3)[C@@H](OCc3ccccc3)[C@@H](OCc3ccccc3)[C@@H]2OCc2ccccc2)OCc2ccccc2CO1. The third kappa shape index (κ3) is 14.8. The Balaban J connectivity index is 1.12. The summed E-state index contributed by atoms with van der Waals surface area (Å²) in [6.45, 7) is -0.248. The summed E-state index contributed by atoms with van der Waals surface area (Å²) in [7, 11) is -8.82. The van der Waals surface area contributed by atoms with Crippen LogP contribution < -0.4 is 0 Å². The highest BCUT2D eigenvalue weighted by Crippen LogP contribution is 2.55. The lowest BCUT2D eigenvalue weighted by molar-refractivity contribution is -0.324. The number of benzene rings is 7. The first-order valence-electron chi connectivity index (χ1n) is 23.9. The monoisotopic (exact) mass is 1010 g/mol. The number of rotatable bonds is 24. The van der Waals surface area contributed by atoms with Gasteiger partial charge in [-0.3, -0.25) is 27.1 Å². The molecule has 72 heavy (non-hydrogen) atoms. The number of ether oxygens (including phenoxy) is 5. The molecule has 0 N–H and O–H groups in total. The molecule has 7 aromatic carbocycles. The van der Waals surface area contributed by atoms with E-state index in [-0.39, 0.29) is 59.5 Å². The molecule has 2 aliphatic rings. The van der Waals surface area contributed by atoms with Gasteiger partial charge in [0.25, 0.3) is 0 Å². The van der Waals surface area contributed by atoms with Gasteiger partial charge < -0.3 is 23.7 Å². The van der Waals surface area contributed by atoms with Gasteiger partial charge in [-0.25, -0.2) is 9.13 Å². The summed E-state index contributed by atoms with van der Waals surface area (Å²) in [4.78, 5) is 0. The van der Waals surface area contributed by atoms with Gasteiger partial charge in [0.15, 0.2) is 6.29 Å². The van der Waals surface area contributed by atoms with Crippen molar-refractivity contribution in [3.05, 3.63) is 251 Å². The second kappa shape index (κ2) is 26.0. The maximum atomic E-state index is 15.4. The minimum atomic E-state index is -4.60. The molecule has 9 rings (SSSR count). The van der Waals surface area contributed by atoms with Crippen molar-refractivity contribution in [1.29, 1.82) is 0 Å². The number of phosphoric acid groups is 2. The Kier molecular flexibility index (Phi) is 18.6. The average Bonchev–Trinajstić information content (AvgIpc) is 3.61. The third-order valence-electron chi connectivity index (χ3n) is 12.0. The zero-order chi connectivity index (χ0) is 49.3. The first-order valence-corrected chi connectivity index (χ1v) is 26.8. The van der Waals surface area contributed by atoms with Crippen molar-refractivity contribution in [1.82, 2.24) is 0 Å². The van der Waals surface area contributed by atoms with Gasteiger partial charge in [0.05, 0.1) is 59.5 Å². The molecular formula is C57H58O13P2. The summed E-state index contributed by atoms with van der Waals surface area (Å²) in [6.07, 6.45) is -7.01. The van der Waals surface area contributed by atoms with E-state index in [1.54, 1.807) is 0 Å². The molecule has 0 spiro atoms. The summed E-state index contributed by atoms with van der Waals surface area (Å²) in [6, 6.07) is 64.7. The lowest BCUT2D eigenvalue weighted by Gasteiger charge is -2.48. The van der Waals surface area contributed by atoms with Crippen molar-refractivity contribution in [2.24, 2.45) is 0 Å². The second-order valence-corrected chi connectivity index (χ2v) is 20.5. The van der Waals surface area contributed by atoms with Crippen LogP contribution in [0.5, 0.6) is 0 Å². The molecule has 0 bridgehead atoms. The molecule has 0 radical (unpaired) electrons. The van der Waals surface area contributed by atoms with Crippen molar-refractivity contribution in [3.8, 4) is 0 Å². The quantitative estimate of drug-likeness (QED) is 0.0532. The van der Waals surface area contributed by atoms with Crippen molar-refractivity contribution in [2.75, 3.05) is 6.61 Å². The summed E-state index contributed by atoms with van der Waals surface area (Å²) in [5.74, 6) is 0. The van der Waals surface area contributed by atoms with E-state index >= 15 is 4.57 Å². The molecule has 7 aromatic rings. The van der Waals surface area contributed by atoms with Crippen LogP contribution in [0.2, 0.25) is 0 Å². The van der Waals surface area contributed by atoms with E-state index in [2.05, 4.69) is 0 Å². The Morgan fingerprint density at radius 3 is 1.25 bits per heavy atom. The molecule has 1 saturated heterocycles. The van der Waals surface area contributed by atoms with Crippen LogP contribution in [-0.2, 0) is 113 Å². The van der Waals surface area contributed by atoms with E-state index in [1.165, 1.54) is 0 Å². The average molecular weight is 1010 g/mol. The topological polar surface area (TPSA) is 136 Å². The van der Waals surface area contributed by atoms with E-state index in [9.17, 15) is 4.57 Å². The Hall–Kier alpha value is -5.44. The van der Waals surface area contributed by atoms with Gasteiger partial charge in [0, 0.05) is 0 Å². The zero-order valence-corrected chi connectivity index (χ0v) is 41.4. The highest BCUT2D eigenvalue weighted by Gasteiger charge is 2.54. The summed E-state index contributed by atoms with van der Waals surface area (Å²) in [5.41, 5.74) is 6.54. The van der Waals surface area contributed by atoms with Gasteiger partial charge >= 0.3 is 15.6 Å². The van der Waals surface area contributed by atoms with Crippen molar-refractivity contribution >= 4 is 15.6 Å². The molecule has 0 amide bonds. The fraction of sp³-hybridized carbons (Fsp3) is 0.263. The van der Waals surface area contributed by atoms with Gasteiger partial charge in [-0.2, -0.15) is 0 Å². The molecule has 15 heteroatoms. The summed E-state index contributed by atoms with van der Waals surface area (Å²) < 4.78 is 102. The summed E-state index contributed by atoms with van der Waals surface area (Å²) >= 11 is 0. The van der Waals surface area contributed by atoms with E-state index in [4.69, 9.17) is 50.8 Å². The van der Waals surface area contributed by atoms with Crippen molar-refractivity contribution in [2.45, 2.75) is 89.7 Å². The van der Waals surface area contributed by atoms with Gasteiger partial charge in [-0.05, 0) is 44.5 Å². The lowest BCUT2D eigenvalue weighted by Crippen LogP contribution is -2.64.